The number of rotatable bonds is 0. The lowest BCUT2D eigenvalue weighted by Gasteiger charge is -2.38. The van der Waals surface area contributed by atoms with Gasteiger partial charge in [-0.15, -0.1) is 0 Å². The van der Waals surface area contributed by atoms with E-state index in [9.17, 15) is 5.11 Å². The van der Waals surface area contributed by atoms with E-state index in [1.54, 1.807) is 6.07 Å². The fourth-order valence-electron chi connectivity index (χ4n) is 2.31. The third kappa shape index (κ3) is 1.41. The molecular weight excluding hydrogens is 172 g/mol. The quantitative estimate of drug-likeness (QED) is 0.664. The van der Waals surface area contributed by atoms with E-state index in [-0.39, 0.29) is 0 Å². The fraction of sp³-hybridized carbons (Fsp3) is 0.538. The molecule has 0 heterocycles. The molecular formula is C13H18O. The molecule has 1 aliphatic carbocycles. The van der Waals surface area contributed by atoms with Crippen LogP contribution in [0.3, 0.4) is 0 Å². The molecule has 0 saturated heterocycles. The Morgan fingerprint density at radius 1 is 1.36 bits per heavy atom. The fourth-order valence-corrected chi connectivity index (χ4v) is 2.31. The molecule has 1 N–H and O–H groups in total. The van der Waals surface area contributed by atoms with E-state index < -0.39 is 0 Å². The summed E-state index contributed by atoms with van der Waals surface area (Å²) in [7, 11) is 0. The average molecular weight is 190 g/mol. The number of hydrogen-bond acceptors (Lipinski definition) is 1. The Morgan fingerprint density at radius 2 is 2.07 bits per heavy atom. The first kappa shape index (κ1) is 9.57. The highest BCUT2D eigenvalue weighted by atomic mass is 16.3. The number of aromatic hydroxyl groups is 1. The Labute approximate surface area is 85.8 Å². The minimum absolute atomic E-state index is 0.362. The van der Waals surface area contributed by atoms with E-state index in [0.717, 1.165) is 6.42 Å². The third-order valence-electron chi connectivity index (χ3n) is 3.81. The molecule has 0 aliphatic heterocycles. The van der Waals surface area contributed by atoms with E-state index in [4.69, 9.17) is 0 Å². The molecule has 0 spiro atoms. The van der Waals surface area contributed by atoms with Crippen LogP contribution in [0.15, 0.2) is 18.2 Å². The SMILES string of the molecule is CC1c2cc(O)ccc2CCC1(C)C. The van der Waals surface area contributed by atoms with Crippen LogP contribution in [0.5, 0.6) is 5.75 Å². The highest BCUT2D eigenvalue weighted by Crippen LogP contribution is 2.45. The van der Waals surface area contributed by atoms with Crippen LogP contribution < -0.4 is 0 Å². The zero-order valence-corrected chi connectivity index (χ0v) is 9.17. The maximum Gasteiger partial charge on any atom is 0.115 e. The van der Waals surface area contributed by atoms with Crippen LogP contribution in [0.1, 0.15) is 44.2 Å². The molecule has 76 valence electrons. The first-order valence-electron chi connectivity index (χ1n) is 5.32. The molecule has 0 amide bonds. The van der Waals surface area contributed by atoms with Crippen molar-refractivity contribution in [2.24, 2.45) is 5.41 Å². The van der Waals surface area contributed by atoms with Gasteiger partial charge in [-0.2, -0.15) is 0 Å². The van der Waals surface area contributed by atoms with E-state index in [0.29, 0.717) is 17.1 Å². The number of hydrogen-bond donors (Lipinski definition) is 1. The van der Waals surface area contributed by atoms with Crippen molar-refractivity contribution >= 4 is 0 Å². The van der Waals surface area contributed by atoms with Gasteiger partial charge in [0.25, 0.3) is 0 Å². The Hall–Kier alpha value is -0.980. The minimum atomic E-state index is 0.362. The predicted octanol–water partition coefficient (Wildman–Crippen LogP) is 3.47. The minimum Gasteiger partial charge on any atom is -0.508 e. The Balaban J connectivity index is 2.48. The molecule has 2 rings (SSSR count). The number of phenolic OH excluding ortho intramolecular Hbond substituents is 1. The van der Waals surface area contributed by atoms with Gasteiger partial charge in [0, 0.05) is 0 Å². The van der Waals surface area contributed by atoms with Gasteiger partial charge in [-0.05, 0) is 47.4 Å². The number of benzene rings is 1. The smallest absolute Gasteiger partial charge is 0.115 e. The third-order valence-corrected chi connectivity index (χ3v) is 3.81. The van der Waals surface area contributed by atoms with Crippen LogP contribution in [0, 0.1) is 5.41 Å². The number of phenols is 1. The molecule has 1 heteroatoms. The van der Waals surface area contributed by atoms with Crippen LogP contribution in [-0.4, -0.2) is 5.11 Å². The van der Waals surface area contributed by atoms with Crippen LogP contribution >= 0.6 is 0 Å². The highest BCUT2D eigenvalue weighted by molar-refractivity contribution is 5.39. The Bertz CT molecular complexity index is 352. The zero-order chi connectivity index (χ0) is 10.3. The molecule has 14 heavy (non-hydrogen) atoms. The van der Waals surface area contributed by atoms with Gasteiger partial charge in [-0.3, -0.25) is 0 Å². The standard InChI is InChI=1S/C13H18O/c1-9-12-8-11(14)5-4-10(12)6-7-13(9,2)3/h4-5,8-9,14H,6-7H2,1-3H3. The second-order valence-electron chi connectivity index (χ2n) is 5.09. The summed E-state index contributed by atoms with van der Waals surface area (Å²) in [5.41, 5.74) is 3.11. The number of aryl methyl sites for hydroxylation is 1. The largest absolute Gasteiger partial charge is 0.508 e. The van der Waals surface area contributed by atoms with Gasteiger partial charge in [-0.1, -0.05) is 26.8 Å². The number of fused-ring (bicyclic) bond motifs is 1. The molecule has 0 aromatic heterocycles. The van der Waals surface area contributed by atoms with Crippen molar-refractivity contribution in [1.29, 1.82) is 0 Å². The van der Waals surface area contributed by atoms with Crippen molar-refractivity contribution in [1.82, 2.24) is 0 Å². The molecule has 0 fully saturated rings. The molecule has 1 aliphatic rings. The highest BCUT2D eigenvalue weighted by Gasteiger charge is 2.32. The zero-order valence-electron chi connectivity index (χ0n) is 9.17. The Morgan fingerprint density at radius 3 is 2.79 bits per heavy atom. The lowest BCUT2D eigenvalue weighted by atomic mass is 9.67. The van der Waals surface area contributed by atoms with Crippen molar-refractivity contribution in [2.75, 3.05) is 0 Å². The van der Waals surface area contributed by atoms with E-state index in [2.05, 4.69) is 26.8 Å². The molecule has 1 nitrogen and oxygen atoms in total. The lowest BCUT2D eigenvalue weighted by molar-refractivity contribution is 0.258. The molecule has 1 unspecified atom stereocenters. The van der Waals surface area contributed by atoms with Gasteiger partial charge >= 0.3 is 0 Å². The maximum atomic E-state index is 9.48. The summed E-state index contributed by atoms with van der Waals surface area (Å²) >= 11 is 0. The van der Waals surface area contributed by atoms with E-state index >= 15 is 0 Å². The summed E-state index contributed by atoms with van der Waals surface area (Å²) < 4.78 is 0. The van der Waals surface area contributed by atoms with E-state index in [1.807, 2.05) is 6.07 Å². The van der Waals surface area contributed by atoms with Gasteiger partial charge in [0.2, 0.25) is 0 Å². The Kier molecular flexibility index (Phi) is 2.06. The van der Waals surface area contributed by atoms with Crippen molar-refractivity contribution in [3.8, 4) is 5.75 Å². The van der Waals surface area contributed by atoms with Crippen LogP contribution in [0.25, 0.3) is 0 Å². The maximum absolute atomic E-state index is 9.48. The molecule has 1 aromatic rings. The predicted molar refractivity (Wildman–Crippen MR) is 58.6 cm³/mol. The van der Waals surface area contributed by atoms with Crippen molar-refractivity contribution in [2.45, 2.75) is 39.5 Å². The molecule has 1 atom stereocenters. The molecule has 1 aromatic carbocycles. The van der Waals surface area contributed by atoms with Gasteiger partial charge in [0.05, 0.1) is 0 Å². The van der Waals surface area contributed by atoms with E-state index in [1.165, 1.54) is 17.5 Å². The van der Waals surface area contributed by atoms with Gasteiger partial charge < -0.3 is 5.11 Å². The first-order valence-corrected chi connectivity index (χ1v) is 5.32. The van der Waals surface area contributed by atoms with Crippen LogP contribution in [0.2, 0.25) is 0 Å². The average Bonchev–Trinajstić information content (AvgIpc) is 2.13. The van der Waals surface area contributed by atoms with Crippen LogP contribution in [0.4, 0.5) is 0 Å². The van der Waals surface area contributed by atoms with Crippen molar-refractivity contribution in [3.63, 3.8) is 0 Å². The summed E-state index contributed by atoms with van der Waals surface area (Å²) in [5.74, 6) is 0.937. The normalized spacial score (nSPS) is 24.4. The monoisotopic (exact) mass is 190 g/mol. The lowest BCUT2D eigenvalue weighted by Crippen LogP contribution is -2.26. The summed E-state index contributed by atoms with van der Waals surface area (Å²) in [5, 5.41) is 9.48. The summed E-state index contributed by atoms with van der Waals surface area (Å²) in [6, 6.07) is 5.79. The topological polar surface area (TPSA) is 20.2 Å². The van der Waals surface area contributed by atoms with Gasteiger partial charge in [0.1, 0.15) is 5.75 Å². The molecule has 0 bridgehead atoms. The first-order chi connectivity index (χ1) is 6.50. The summed E-state index contributed by atoms with van der Waals surface area (Å²) in [4.78, 5) is 0. The second kappa shape index (κ2) is 3.01. The second-order valence-corrected chi connectivity index (χ2v) is 5.09. The molecule has 0 saturated carbocycles. The van der Waals surface area contributed by atoms with Crippen molar-refractivity contribution in [3.05, 3.63) is 29.3 Å². The van der Waals surface area contributed by atoms with Crippen molar-refractivity contribution < 1.29 is 5.11 Å². The van der Waals surface area contributed by atoms with Crippen LogP contribution in [-0.2, 0) is 6.42 Å². The summed E-state index contributed by atoms with van der Waals surface area (Å²) in [6.45, 7) is 6.88. The molecule has 0 radical (unpaired) electrons. The van der Waals surface area contributed by atoms with Gasteiger partial charge in [-0.25, -0.2) is 0 Å². The van der Waals surface area contributed by atoms with Gasteiger partial charge in [0.15, 0.2) is 0 Å². The summed E-state index contributed by atoms with van der Waals surface area (Å²) in [6.07, 6.45) is 2.39.